The quantitative estimate of drug-likeness (QED) is 0.119. The molecule has 2 heterocycles. The van der Waals surface area contributed by atoms with Gasteiger partial charge in [0.05, 0.1) is 5.69 Å². The monoisotopic (exact) mass is 674 g/mol. The number of benzene rings is 4. The van der Waals surface area contributed by atoms with E-state index in [4.69, 9.17) is 4.98 Å². The second-order valence-corrected chi connectivity index (χ2v) is 14.3. The zero-order valence-electron chi connectivity index (χ0n) is 30.8. The van der Waals surface area contributed by atoms with Crippen LogP contribution in [-0.2, 0) is 4.94 Å². The van der Waals surface area contributed by atoms with Crippen molar-refractivity contribution in [2.24, 2.45) is 0 Å². The Labute approximate surface area is 296 Å². The summed E-state index contributed by atoms with van der Waals surface area (Å²) >= 11 is 1.88. The highest BCUT2D eigenvalue weighted by atomic mass is 32.1. The van der Waals surface area contributed by atoms with Gasteiger partial charge in [-0.3, -0.25) is 9.51 Å². The highest BCUT2D eigenvalue weighted by molar-refractivity contribution is 7.25. The van der Waals surface area contributed by atoms with Gasteiger partial charge < -0.3 is 0 Å². The van der Waals surface area contributed by atoms with Gasteiger partial charge in [-0.2, -0.15) is 0 Å². The molecule has 6 aromatic rings. The standard InChI is InChI=1S/C36H36N2S.C6H9FO.C2H6/c1-22(2)28-21-34-31(27-14-10-11-15-33(27)39-34)20-32(28)36-37-16-17-38(36)35-29(23(3)4)18-26(19-30(35)24(5)6)25-12-8-7-9-13-25;1-5(2)4-6(3)8-7;1-2/h7-24H,1-6H3;4H,1H2,2-3H3;1-2H3/b;6-4-;. The Kier molecular flexibility index (Phi) is 12.8. The lowest BCUT2D eigenvalue weighted by atomic mass is 9.88. The Hall–Kier alpha value is -4.48. The van der Waals surface area contributed by atoms with Crippen LogP contribution in [0.25, 0.3) is 48.4 Å². The molecule has 6 rings (SSSR count). The average Bonchev–Trinajstić information content (AvgIpc) is 3.73. The van der Waals surface area contributed by atoms with Gasteiger partial charge in [0.15, 0.2) is 0 Å². The van der Waals surface area contributed by atoms with E-state index in [0.717, 1.165) is 11.4 Å². The van der Waals surface area contributed by atoms with E-state index in [9.17, 15) is 4.53 Å². The minimum atomic E-state index is 0.234. The van der Waals surface area contributed by atoms with E-state index in [1.165, 1.54) is 72.2 Å². The highest BCUT2D eigenvalue weighted by Crippen LogP contribution is 2.42. The van der Waals surface area contributed by atoms with Crippen LogP contribution < -0.4 is 0 Å². The third-order valence-electron chi connectivity index (χ3n) is 8.38. The van der Waals surface area contributed by atoms with E-state index in [1.807, 2.05) is 31.4 Å². The molecule has 0 aliphatic carbocycles. The van der Waals surface area contributed by atoms with Crippen molar-refractivity contribution in [3.63, 3.8) is 0 Å². The lowest BCUT2D eigenvalue weighted by Gasteiger charge is -2.24. The maximum atomic E-state index is 11.1. The number of nitrogens with zero attached hydrogens (tertiary/aromatic N) is 2. The Bertz CT molecular complexity index is 2020. The Morgan fingerprint density at radius 3 is 1.90 bits per heavy atom. The number of imidazole rings is 1. The van der Waals surface area contributed by atoms with Crippen LogP contribution in [0.1, 0.15) is 104 Å². The first-order chi connectivity index (χ1) is 23.5. The molecule has 0 aliphatic rings. The first-order valence-corrected chi connectivity index (χ1v) is 18.2. The number of thiophene rings is 1. The van der Waals surface area contributed by atoms with Gasteiger partial charge in [-0.25, -0.2) is 4.98 Å². The molecular formula is C44H51FN2OS. The average molecular weight is 675 g/mol. The molecule has 2 aromatic heterocycles. The molecule has 0 bridgehead atoms. The predicted molar refractivity (Wildman–Crippen MR) is 212 cm³/mol. The maximum absolute atomic E-state index is 11.1. The lowest BCUT2D eigenvalue weighted by molar-refractivity contribution is -0.0820. The number of hydrogen-bond donors (Lipinski definition) is 0. The molecule has 0 fully saturated rings. The first kappa shape index (κ1) is 37.3. The molecule has 0 saturated carbocycles. The van der Waals surface area contributed by atoms with Crippen LogP contribution in [0.4, 0.5) is 4.53 Å². The lowest BCUT2D eigenvalue weighted by Crippen LogP contribution is -2.09. The number of rotatable bonds is 8. The van der Waals surface area contributed by atoms with Gasteiger partial charge >= 0.3 is 0 Å². The fourth-order valence-corrected chi connectivity index (χ4v) is 7.28. The third-order valence-corrected chi connectivity index (χ3v) is 9.52. The SMILES string of the molecule is C=C(C)/C=C(/C)OF.CC.CC(C)c1cc2sc3ccccc3c2cc1-c1nccn1-c1c(C(C)C)cc(-c2ccccc2)cc1C(C)C. The summed E-state index contributed by atoms with van der Waals surface area (Å²) in [6.07, 6.45) is 5.64. The van der Waals surface area contributed by atoms with Crippen LogP contribution in [0.2, 0.25) is 0 Å². The van der Waals surface area contributed by atoms with Crippen molar-refractivity contribution in [3.05, 3.63) is 132 Å². The van der Waals surface area contributed by atoms with E-state index >= 15 is 0 Å². The maximum Gasteiger partial charge on any atom is 0.146 e. The molecule has 49 heavy (non-hydrogen) atoms. The second-order valence-electron chi connectivity index (χ2n) is 13.2. The molecule has 0 aliphatic heterocycles. The fourth-order valence-electron chi connectivity index (χ4n) is 6.15. The smallest absolute Gasteiger partial charge is 0.146 e. The van der Waals surface area contributed by atoms with Gasteiger partial charge in [-0.15, -0.1) is 11.3 Å². The van der Waals surface area contributed by atoms with Gasteiger partial charge in [0.25, 0.3) is 0 Å². The van der Waals surface area contributed by atoms with Crippen molar-refractivity contribution in [2.75, 3.05) is 0 Å². The van der Waals surface area contributed by atoms with Crippen molar-refractivity contribution >= 4 is 31.5 Å². The van der Waals surface area contributed by atoms with Gasteiger partial charge in [0.2, 0.25) is 0 Å². The second kappa shape index (κ2) is 16.8. The van der Waals surface area contributed by atoms with E-state index < -0.39 is 0 Å². The summed E-state index contributed by atoms with van der Waals surface area (Å²) in [7, 11) is 0. The molecule has 4 aromatic carbocycles. The molecule has 0 spiro atoms. The zero-order chi connectivity index (χ0) is 35.8. The molecule has 0 saturated heterocycles. The van der Waals surface area contributed by atoms with Crippen LogP contribution in [0.15, 0.2) is 115 Å². The Balaban J connectivity index is 0.000000478. The molecule has 0 N–H and O–H groups in total. The van der Waals surface area contributed by atoms with Crippen LogP contribution in [0.3, 0.4) is 0 Å². The summed E-state index contributed by atoms with van der Waals surface area (Å²) in [6.45, 7) is 24.6. The molecule has 0 amide bonds. The molecular weight excluding hydrogens is 624 g/mol. The molecule has 0 unspecified atom stereocenters. The molecule has 0 radical (unpaired) electrons. The van der Waals surface area contributed by atoms with Gasteiger partial charge in [0.1, 0.15) is 11.6 Å². The minimum absolute atomic E-state index is 0.234. The first-order valence-electron chi connectivity index (χ1n) is 17.3. The number of fused-ring (bicyclic) bond motifs is 3. The van der Waals surface area contributed by atoms with Crippen molar-refractivity contribution in [1.29, 1.82) is 0 Å². The van der Waals surface area contributed by atoms with E-state index in [-0.39, 0.29) is 5.76 Å². The summed E-state index contributed by atoms with van der Waals surface area (Å²) in [5, 5.41) is 2.64. The van der Waals surface area contributed by atoms with E-state index in [2.05, 4.69) is 143 Å². The summed E-state index contributed by atoms with van der Waals surface area (Å²) in [5.74, 6) is 2.37. The largest absolute Gasteiger partial charge is 0.299 e. The van der Waals surface area contributed by atoms with Crippen molar-refractivity contribution in [3.8, 4) is 28.2 Å². The number of aromatic nitrogens is 2. The fraction of sp³-hybridized carbons (Fsp3) is 0.295. The number of allylic oxidation sites excluding steroid dienone is 3. The summed E-state index contributed by atoms with van der Waals surface area (Å²) in [6, 6.07) is 29.1. The van der Waals surface area contributed by atoms with E-state index in [0.29, 0.717) is 17.8 Å². The van der Waals surface area contributed by atoms with Crippen molar-refractivity contribution < 1.29 is 9.47 Å². The van der Waals surface area contributed by atoms with Crippen LogP contribution >= 0.6 is 11.3 Å². The molecule has 3 nitrogen and oxygen atoms in total. The minimum Gasteiger partial charge on any atom is -0.299 e. The van der Waals surface area contributed by atoms with E-state index in [1.54, 1.807) is 6.92 Å². The summed E-state index contributed by atoms with van der Waals surface area (Å²) in [5.41, 5.74) is 9.87. The predicted octanol–water partition coefficient (Wildman–Crippen LogP) is 14.3. The van der Waals surface area contributed by atoms with Gasteiger partial charge in [-0.1, -0.05) is 116 Å². The van der Waals surface area contributed by atoms with Gasteiger partial charge in [0, 0.05) is 42.7 Å². The third kappa shape index (κ3) is 8.40. The number of halogens is 1. The van der Waals surface area contributed by atoms with Crippen LogP contribution in [0, 0.1) is 0 Å². The molecule has 5 heteroatoms. The molecule has 0 atom stereocenters. The Morgan fingerprint density at radius 1 is 0.755 bits per heavy atom. The van der Waals surface area contributed by atoms with Crippen LogP contribution in [-0.4, -0.2) is 9.55 Å². The normalized spacial score (nSPS) is 11.5. The topological polar surface area (TPSA) is 27.1 Å². The highest BCUT2D eigenvalue weighted by Gasteiger charge is 2.23. The van der Waals surface area contributed by atoms with Gasteiger partial charge in [-0.05, 0) is 95.8 Å². The number of hydrogen-bond acceptors (Lipinski definition) is 3. The summed E-state index contributed by atoms with van der Waals surface area (Å²) < 4.78 is 16.2. The summed E-state index contributed by atoms with van der Waals surface area (Å²) in [4.78, 5) is 8.39. The zero-order valence-corrected chi connectivity index (χ0v) is 31.6. The van der Waals surface area contributed by atoms with Crippen molar-refractivity contribution in [2.45, 2.75) is 87.0 Å². The Morgan fingerprint density at radius 2 is 1.35 bits per heavy atom. The van der Waals surface area contributed by atoms with Crippen LogP contribution in [0.5, 0.6) is 0 Å². The molecule has 256 valence electrons. The van der Waals surface area contributed by atoms with Crippen molar-refractivity contribution in [1.82, 2.24) is 9.55 Å².